The van der Waals surface area contributed by atoms with Crippen molar-refractivity contribution in [3.8, 4) is 0 Å². The topological polar surface area (TPSA) is 37.8 Å². The number of aryl methyl sites for hydroxylation is 1. The Balaban J connectivity index is 2.19. The van der Waals surface area contributed by atoms with Crippen LogP contribution in [0.5, 0.6) is 0 Å². The highest BCUT2D eigenvalue weighted by Crippen LogP contribution is 2.28. The quantitative estimate of drug-likeness (QED) is 0.782. The Morgan fingerprint density at radius 3 is 2.43 bits per heavy atom. The second kappa shape index (κ2) is 7.46. The zero-order valence-corrected chi connectivity index (χ0v) is 14.0. The van der Waals surface area contributed by atoms with Crippen molar-refractivity contribution in [3.63, 3.8) is 0 Å². The first kappa shape index (κ1) is 15.8. The summed E-state index contributed by atoms with van der Waals surface area (Å²) in [6, 6.07) is 10.7. The first-order chi connectivity index (χ1) is 10.1. The van der Waals surface area contributed by atoms with E-state index in [2.05, 4.69) is 60.3 Å². The lowest BCUT2D eigenvalue weighted by Crippen LogP contribution is -2.01. The summed E-state index contributed by atoms with van der Waals surface area (Å²) >= 11 is 1.69. The molecule has 1 aromatic carbocycles. The molecule has 0 unspecified atom stereocenters. The van der Waals surface area contributed by atoms with Gasteiger partial charge in [0.25, 0.3) is 0 Å². The molecule has 2 aromatic rings. The van der Waals surface area contributed by atoms with Gasteiger partial charge in [0.2, 0.25) is 0 Å². The number of nitrogens with one attached hydrogen (secondary N) is 1. The normalized spacial score (nSPS) is 10.9. The molecule has 0 amide bonds. The summed E-state index contributed by atoms with van der Waals surface area (Å²) in [5, 5.41) is 4.11. The Kier molecular flexibility index (Phi) is 5.62. The Labute approximate surface area is 131 Å². The van der Waals surface area contributed by atoms with Crippen molar-refractivity contribution in [2.45, 2.75) is 49.5 Å². The minimum Gasteiger partial charge on any atom is -0.373 e. The third kappa shape index (κ3) is 4.46. The van der Waals surface area contributed by atoms with Gasteiger partial charge in [0.05, 0.1) is 0 Å². The van der Waals surface area contributed by atoms with Crippen molar-refractivity contribution >= 4 is 17.6 Å². The van der Waals surface area contributed by atoms with Gasteiger partial charge in [-0.2, -0.15) is 0 Å². The SMILES string of the molecule is CCCc1nc(NC)cc(Sc2ccc(C(C)C)cc2)n1. The molecule has 1 aromatic heterocycles. The van der Waals surface area contributed by atoms with Crippen LogP contribution in [-0.2, 0) is 6.42 Å². The monoisotopic (exact) mass is 301 g/mol. The highest BCUT2D eigenvalue weighted by atomic mass is 32.2. The van der Waals surface area contributed by atoms with Gasteiger partial charge in [-0.15, -0.1) is 0 Å². The van der Waals surface area contributed by atoms with E-state index in [9.17, 15) is 0 Å². The maximum atomic E-state index is 4.64. The lowest BCUT2D eigenvalue weighted by Gasteiger charge is -2.08. The Bertz CT molecular complexity index is 579. The first-order valence-corrected chi connectivity index (χ1v) is 8.27. The van der Waals surface area contributed by atoms with E-state index < -0.39 is 0 Å². The van der Waals surface area contributed by atoms with E-state index in [1.165, 1.54) is 10.5 Å². The predicted molar refractivity (Wildman–Crippen MR) is 90.2 cm³/mol. The van der Waals surface area contributed by atoms with Crippen molar-refractivity contribution in [2.24, 2.45) is 0 Å². The second-order valence-electron chi connectivity index (χ2n) is 5.33. The van der Waals surface area contributed by atoms with Gasteiger partial charge in [0.15, 0.2) is 0 Å². The van der Waals surface area contributed by atoms with Gasteiger partial charge in [0, 0.05) is 24.4 Å². The number of aromatic nitrogens is 2. The predicted octanol–water partition coefficient (Wildman–Crippen LogP) is 4.75. The van der Waals surface area contributed by atoms with Crippen molar-refractivity contribution in [1.29, 1.82) is 0 Å². The smallest absolute Gasteiger partial charge is 0.132 e. The van der Waals surface area contributed by atoms with Crippen LogP contribution in [0, 0.1) is 0 Å². The summed E-state index contributed by atoms with van der Waals surface area (Å²) in [6.07, 6.45) is 1.97. The third-order valence-electron chi connectivity index (χ3n) is 3.25. The number of rotatable bonds is 6. The first-order valence-electron chi connectivity index (χ1n) is 7.46. The molecule has 112 valence electrons. The molecule has 21 heavy (non-hydrogen) atoms. The molecule has 0 aliphatic heterocycles. The molecular formula is C17H23N3S. The Morgan fingerprint density at radius 2 is 1.86 bits per heavy atom. The van der Waals surface area contributed by atoms with E-state index in [0.717, 1.165) is 29.5 Å². The molecule has 0 bridgehead atoms. The average molecular weight is 301 g/mol. The summed E-state index contributed by atoms with van der Waals surface area (Å²) in [7, 11) is 1.89. The Morgan fingerprint density at radius 1 is 1.14 bits per heavy atom. The summed E-state index contributed by atoms with van der Waals surface area (Å²) in [5.74, 6) is 2.36. The molecule has 1 N–H and O–H groups in total. The third-order valence-corrected chi connectivity index (χ3v) is 4.17. The number of anilines is 1. The number of hydrogen-bond acceptors (Lipinski definition) is 4. The van der Waals surface area contributed by atoms with Gasteiger partial charge in [0.1, 0.15) is 16.7 Å². The fourth-order valence-electron chi connectivity index (χ4n) is 2.03. The molecule has 1 heterocycles. The molecule has 4 heteroatoms. The number of nitrogens with zero attached hydrogens (tertiary/aromatic N) is 2. The molecule has 0 saturated carbocycles. The van der Waals surface area contributed by atoms with Crippen LogP contribution in [0.15, 0.2) is 40.3 Å². The van der Waals surface area contributed by atoms with Gasteiger partial charge < -0.3 is 5.32 Å². The molecule has 0 aliphatic carbocycles. The van der Waals surface area contributed by atoms with Gasteiger partial charge in [-0.25, -0.2) is 9.97 Å². The van der Waals surface area contributed by atoms with Crippen LogP contribution >= 0.6 is 11.8 Å². The maximum absolute atomic E-state index is 4.64. The van der Waals surface area contributed by atoms with Crippen LogP contribution in [0.25, 0.3) is 0 Å². The van der Waals surface area contributed by atoms with Crippen LogP contribution in [0.3, 0.4) is 0 Å². The van der Waals surface area contributed by atoms with Gasteiger partial charge in [-0.05, 0) is 30.0 Å². The second-order valence-corrected chi connectivity index (χ2v) is 6.43. The molecule has 0 atom stereocenters. The molecule has 0 spiro atoms. The largest absolute Gasteiger partial charge is 0.373 e. The fourth-order valence-corrected chi connectivity index (χ4v) is 2.87. The summed E-state index contributed by atoms with van der Waals surface area (Å²) in [6.45, 7) is 6.57. The molecule has 0 radical (unpaired) electrons. The van der Waals surface area contributed by atoms with E-state index in [-0.39, 0.29) is 0 Å². The highest BCUT2D eigenvalue weighted by molar-refractivity contribution is 7.99. The van der Waals surface area contributed by atoms with E-state index >= 15 is 0 Å². The minimum atomic E-state index is 0.565. The standard InChI is InChI=1S/C17H23N3S/c1-5-6-15-19-16(18-4)11-17(20-15)21-14-9-7-13(8-10-14)12(2)3/h7-12H,5-6H2,1-4H3,(H,18,19,20). The number of hydrogen-bond donors (Lipinski definition) is 1. The lowest BCUT2D eigenvalue weighted by atomic mass is 10.0. The van der Waals surface area contributed by atoms with Crippen molar-refractivity contribution < 1.29 is 0 Å². The highest BCUT2D eigenvalue weighted by Gasteiger charge is 2.06. The Hall–Kier alpha value is -1.55. The van der Waals surface area contributed by atoms with Crippen LogP contribution < -0.4 is 5.32 Å². The van der Waals surface area contributed by atoms with Crippen molar-refractivity contribution in [2.75, 3.05) is 12.4 Å². The molecule has 0 aliphatic rings. The summed E-state index contributed by atoms with van der Waals surface area (Å²) in [4.78, 5) is 10.3. The maximum Gasteiger partial charge on any atom is 0.132 e. The van der Waals surface area contributed by atoms with Gasteiger partial charge in [-0.1, -0.05) is 44.7 Å². The van der Waals surface area contributed by atoms with Crippen LogP contribution in [0.1, 0.15) is 44.5 Å². The summed E-state index contributed by atoms with van der Waals surface area (Å²) in [5.41, 5.74) is 1.37. The fraction of sp³-hybridized carbons (Fsp3) is 0.412. The minimum absolute atomic E-state index is 0.565. The molecule has 3 nitrogen and oxygen atoms in total. The van der Waals surface area contributed by atoms with E-state index in [1.807, 2.05) is 13.1 Å². The van der Waals surface area contributed by atoms with Gasteiger partial charge >= 0.3 is 0 Å². The molecule has 0 saturated heterocycles. The van der Waals surface area contributed by atoms with Crippen LogP contribution in [-0.4, -0.2) is 17.0 Å². The molecular weight excluding hydrogens is 278 g/mol. The lowest BCUT2D eigenvalue weighted by molar-refractivity contribution is 0.811. The van der Waals surface area contributed by atoms with Crippen LogP contribution in [0.4, 0.5) is 5.82 Å². The van der Waals surface area contributed by atoms with Crippen molar-refractivity contribution in [3.05, 3.63) is 41.7 Å². The van der Waals surface area contributed by atoms with Crippen LogP contribution in [0.2, 0.25) is 0 Å². The average Bonchev–Trinajstić information content (AvgIpc) is 2.48. The summed E-state index contributed by atoms with van der Waals surface area (Å²) < 4.78 is 0. The van der Waals surface area contributed by atoms with E-state index in [4.69, 9.17) is 0 Å². The molecule has 2 rings (SSSR count). The van der Waals surface area contributed by atoms with Crippen molar-refractivity contribution in [1.82, 2.24) is 9.97 Å². The van der Waals surface area contributed by atoms with E-state index in [0.29, 0.717) is 5.92 Å². The zero-order valence-electron chi connectivity index (χ0n) is 13.2. The van der Waals surface area contributed by atoms with E-state index in [1.54, 1.807) is 11.8 Å². The number of benzene rings is 1. The zero-order chi connectivity index (χ0) is 15.2. The molecule has 0 fully saturated rings. The van der Waals surface area contributed by atoms with Gasteiger partial charge in [-0.3, -0.25) is 0 Å².